The number of aromatic nitrogens is 1. The molecule has 1 unspecified atom stereocenters. The number of hydrogen-bond donors (Lipinski definition) is 1. The van der Waals surface area contributed by atoms with Gasteiger partial charge in [-0.2, -0.15) is 0 Å². The lowest BCUT2D eigenvalue weighted by Gasteiger charge is -2.29. The summed E-state index contributed by atoms with van der Waals surface area (Å²) in [6.45, 7) is 7.65. The maximum Gasteiger partial charge on any atom is 0.0575 e. The first-order chi connectivity index (χ1) is 7.22. The Labute approximate surface area is 92.5 Å². The van der Waals surface area contributed by atoms with Crippen LogP contribution in [-0.4, -0.2) is 24.6 Å². The number of rotatable bonds is 5. The van der Waals surface area contributed by atoms with Gasteiger partial charge in [-0.15, -0.1) is 0 Å². The van der Waals surface area contributed by atoms with Gasteiger partial charge in [-0.3, -0.25) is 4.98 Å². The monoisotopic (exact) mass is 207 g/mol. The molecule has 1 aromatic heterocycles. The quantitative estimate of drug-likeness (QED) is 0.804. The molecule has 1 aromatic rings. The van der Waals surface area contributed by atoms with Crippen molar-refractivity contribution in [1.29, 1.82) is 0 Å². The van der Waals surface area contributed by atoms with E-state index in [2.05, 4.69) is 42.0 Å². The van der Waals surface area contributed by atoms with Crippen molar-refractivity contribution in [3.63, 3.8) is 0 Å². The molecule has 0 radical (unpaired) electrons. The number of nitrogens with zero attached hydrogens (tertiary/aromatic N) is 2. The molecule has 3 heteroatoms. The van der Waals surface area contributed by atoms with Crippen LogP contribution in [0.25, 0.3) is 0 Å². The molecule has 0 saturated heterocycles. The molecule has 0 aliphatic rings. The fourth-order valence-corrected chi connectivity index (χ4v) is 1.69. The number of pyridine rings is 1. The van der Waals surface area contributed by atoms with Gasteiger partial charge in [0, 0.05) is 19.6 Å². The summed E-state index contributed by atoms with van der Waals surface area (Å²) >= 11 is 0. The Morgan fingerprint density at radius 3 is 2.67 bits per heavy atom. The van der Waals surface area contributed by atoms with Gasteiger partial charge in [0.15, 0.2) is 0 Å². The van der Waals surface area contributed by atoms with Crippen molar-refractivity contribution in [1.82, 2.24) is 4.98 Å². The Bertz CT molecular complexity index is 299. The van der Waals surface area contributed by atoms with Gasteiger partial charge in [0.25, 0.3) is 0 Å². The Balaban J connectivity index is 2.91. The van der Waals surface area contributed by atoms with Crippen molar-refractivity contribution in [2.45, 2.75) is 33.2 Å². The van der Waals surface area contributed by atoms with Crippen molar-refractivity contribution < 1.29 is 0 Å². The van der Waals surface area contributed by atoms with Crippen molar-refractivity contribution in [2.75, 3.05) is 23.8 Å². The largest absolute Gasteiger partial charge is 0.387 e. The lowest BCUT2D eigenvalue weighted by molar-refractivity contribution is 0.629. The first kappa shape index (κ1) is 11.8. The van der Waals surface area contributed by atoms with Gasteiger partial charge in [0.2, 0.25) is 0 Å². The van der Waals surface area contributed by atoms with Gasteiger partial charge in [-0.05, 0) is 26.3 Å². The molecule has 0 amide bonds. The third-order valence-corrected chi connectivity index (χ3v) is 2.81. The van der Waals surface area contributed by atoms with E-state index < -0.39 is 0 Å². The van der Waals surface area contributed by atoms with E-state index in [1.807, 2.05) is 19.4 Å². The van der Waals surface area contributed by atoms with Crippen LogP contribution in [0.15, 0.2) is 18.5 Å². The van der Waals surface area contributed by atoms with Crippen LogP contribution in [0.4, 0.5) is 11.4 Å². The Kier molecular flexibility index (Phi) is 4.40. The summed E-state index contributed by atoms with van der Waals surface area (Å²) in [6.07, 6.45) is 4.92. The fraction of sp³-hybridized carbons (Fsp3) is 0.583. The molecular weight excluding hydrogens is 186 g/mol. The molecule has 0 aliphatic heterocycles. The van der Waals surface area contributed by atoms with E-state index in [0.717, 1.165) is 18.7 Å². The van der Waals surface area contributed by atoms with Gasteiger partial charge in [-0.1, -0.05) is 6.92 Å². The summed E-state index contributed by atoms with van der Waals surface area (Å²) in [6, 6.07) is 2.70. The molecule has 1 atom stereocenters. The van der Waals surface area contributed by atoms with Gasteiger partial charge >= 0.3 is 0 Å². The molecular formula is C12H21N3. The summed E-state index contributed by atoms with van der Waals surface area (Å²) < 4.78 is 0. The van der Waals surface area contributed by atoms with Gasteiger partial charge in [-0.25, -0.2) is 0 Å². The van der Waals surface area contributed by atoms with E-state index in [1.54, 1.807) is 0 Å². The molecule has 0 spiro atoms. The first-order valence-electron chi connectivity index (χ1n) is 5.62. The minimum absolute atomic E-state index is 0.559. The Morgan fingerprint density at radius 2 is 2.13 bits per heavy atom. The van der Waals surface area contributed by atoms with Gasteiger partial charge < -0.3 is 10.2 Å². The van der Waals surface area contributed by atoms with Crippen LogP contribution in [0.5, 0.6) is 0 Å². The minimum atomic E-state index is 0.559. The van der Waals surface area contributed by atoms with Crippen LogP contribution >= 0.6 is 0 Å². The average molecular weight is 207 g/mol. The predicted molar refractivity (Wildman–Crippen MR) is 66.6 cm³/mol. The zero-order chi connectivity index (χ0) is 11.3. The molecule has 0 aliphatic carbocycles. The van der Waals surface area contributed by atoms with E-state index in [1.165, 1.54) is 5.69 Å². The van der Waals surface area contributed by atoms with E-state index in [0.29, 0.717) is 6.04 Å². The van der Waals surface area contributed by atoms with E-state index in [9.17, 15) is 0 Å². The standard InChI is InChI=1S/C12H21N3/c1-5-10(3)15(6-2)12-7-11(13-4)8-14-9-12/h7-10,13H,5-6H2,1-4H3. The summed E-state index contributed by atoms with van der Waals surface area (Å²) in [5, 5.41) is 3.11. The first-order valence-corrected chi connectivity index (χ1v) is 5.62. The molecule has 0 saturated carbocycles. The van der Waals surface area contributed by atoms with Gasteiger partial charge in [0.1, 0.15) is 0 Å². The summed E-state index contributed by atoms with van der Waals surface area (Å²) in [4.78, 5) is 6.61. The zero-order valence-electron chi connectivity index (χ0n) is 10.1. The third-order valence-electron chi connectivity index (χ3n) is 2.81. The third kappa shape index (κ3) is 2.85. The van der Waals surface area contributed by atoms with E-state index >= 15 is 0 Å². The molecule has 3 nitrogen and oxygen atoms in total. The summed E-state index contributed by atoms with van der Waals surface area (Å²) in [7, 11) is 1.92. The number of nitrogens with one attached hydrogen (secondary N) is 1. The van der Waals surface area contributed by atoms with Crippen molar-refractivity contribution in [3.05, 3.63) is 18.5 Å². The SMILES string of the molecule is CCC(C)N(CC)c1cncc(NC)c1. The summed E-state index contributed by atoms with van der Waals surface area (Å²) in [5.41, 5.74) is 2.26. The van der Waals surface area contributed by atoms with Crippen molar-refractivity contribution in [2.24, 2.45) is 0 Å². The second-order valence-corrected chi connectivity index (χ2v) is 3.73. The maximum absolute atomic E-state index is 4.24. The molecule has 0 fully saturated rings. The molecule has 1 N–H and O–H groups in total. The molecule has 0 aromatic carbocycles. The number of anilines is 2. The smallest absolute Gasteiger partial charge is 0.0575 e. The molecule has 0 bridgehead atoms. The predicted octanol–water partition coefficient (Wildman–Crippen LogP) is 2.75. The van der Waals surface area contributed by atoms with Crippen LogP contribution in [0.2, 0.25) is 0 Å². The van der Waals surface area contributed by atoms with Crippen molar-refractivity contribution in [3.8, 4) is 0 Å². The van der Waals surface area contributed by atoms with Crippen LogP contribution in [0, 0.1) is 0 Å². The van der Waals surface area contributed by atoms with Crippen molar-refractivity contribution >= 4 is 11.4 Å². The molecule has 1 heterocycles. The Hall–Kier alpha value is -1.25. The van der Waals surface area contributed by atoms with E-state index in [-0.39, 0.29) is 0 Å². The second kappa shape index (κ2) is 5.59. The highest BCUT2D eigenvalue weighted by Crippen LogP contribution is 2.20. The van der Waals surface area contributed by atoms with Crippen LogP contribution in [0.3, 0.4) is 0 Å². The highest BCUT2D eigenvalue weighted by Gasteiger charge is 2.11. The Morgan fingerprint density at radius 1 is 1.40 bits per heavy atom. The normalized spacial score (nSPS) is 12.3. The molecule has 15 heavy (non-hydrogen) atoms. The molecule has 1 rings (SSSR count). The average Bonchev–Trinajstić information content (AvgIpc) is 2.30. The highest BCUT2D eigenvalue weighted by molar-refractivity contribution is 5.55. The number of hydrogen-bond acceptors (Lipinski definition) is 3. The lowest BCUT2D eigenvalue weighted by atomic mass is 10.2. The zero-order valence-corrected chi connectivity index (χ0v) is 10.1. The fourth-order valence-electron chi connectivity index (χ4n) is 1.69. The topological polar surface area (TPSA) is 28.2 Å². The van der Waals surface area contributed by atoms with Gasteiger partial charge in [0.05, 0.1) is 23.8 Å². The van der Waals surface area contributed by atoms with Crippen LogP contribution in [-0.2, 0) is 0 Å². The van der Waals surface area contributed by atoms with Crippen LogP contribution in [0.1, 0.15) is 27.2 Å². The van der Waals surface area contributed by atoms with Crippen LogP contribution < -0.4 is 10.2 Å². The highest BCUT2D eigenvalue weighted by atomic mass is 15.2. The maximum atomic E-state index is 4.24. The van der Waals surface area contributed by atoms with E-state index in [4.69, 9.17) is 0 Å². The minimum Gasteiger partial charge on any atom is -0.387 e. The second-order valence-electron chi connectivity index (χ2n) is 3.73. The lowest BCUT2D eigenvalue weighted by Crippen LogP contribution is -2.32. The molecule has 84 valence electrons. The summed E-state index contributed by atoms with van der Waals surface area (Å²) in [5.74, 6) is 0.